The van der Waals surface area contributed by atoms with Gasteiger partial charge in [0, 0.05) is 24.9 Å². The van der Waals surface area contributed by atoms with E-state index in [1.807, 2.05) is 6.07 Å². The van der Waals surface area contributed by atoms with Crippen LogP contribution in [0.25, 0.3) is 0 Å². The van der Waals surface area contributed by atoms with E-state index in [0.29, 0.717) is 24.9 Å². The largest absolute Gasteiger partial charge is 0.511 e. The molecule has 1 saturated heterocycles. The summed E-state index contributed by atoms with van der Waals surface area (Å²) in [6.45, 7) is 1.77. The van der Waals surface area contributed by atoms with Crippen molar-refractivity contribution in [1.82, 2.24) is 14.7 Å². The lowest BCUT2D eigenvalue weighted by atomic mass is 9.79. The maximum atomic E-state index is 15.3. The monoisotopic (exact) mass is 525 g/mol. The molecule has 3 aromatic rings. The molecule has 2 aromatic carbocycles. The molecule has 1 fully saturated rings. The summed E-state index contributed by atoms with van der Waals surface area (Å²) in [5, 5.41) is 4.31. The van der Waals surface area contributed by atoms with Gasteiger partial charge in [-0.15, -0.1) is 0 Å². The predicted octanol–water partition coefficient (Wildman–Crippen LogP) is 4.02. The van der Waals surface area contributed by atoms with Crippen LogP contribution in [0.2, 0.25) is 0 Å². The molecule has 2 unspecified atom stereocenters. The number of hydrogen-bond donors (Lipinski definition) is 0. The van der Waals surface area contributed by atoms with Crippen molar-refractivity contribution in [2.45, 2.75) is 44.1 Å². The van der Waals surface area contributed by atoms with Crippen molar-refractivity contribution < 1.29 is 32.6 Å². The van der Waals surface area contributed by atoms with Gasteiger partial charge in [0.25, 0.3) is 5.91 Å². The Labute approximate surface area is 216 Å². The van der Waals surface area contributed by atoms with Crippen LogP contribution in [0, 0.1) is 11.6 Å². The van der Waals surface area contributed by atoms with E-state index in [0.717, 1.165) is 19.4 Å². The van der Waals surface area contributed by atoms with Gasteiger partial charge in [-0.1, -0.05) is 42.5 Å². The topological polar surface area (TPSA) is 100.0 Å². The average molecular weight is 526 g/mol. The van der Waals surface area contributed by atoms with E-state index in [4.69, 9.17) is 9.47 Å². The fourth-order valence-corrected chi connectivity index (χ4v) is 5.40. The van der Waals surface area contributed by atoms with Gasteiger partial charge < -0.3 is 19.1 Å². The molecule has 0 aliphatic carbocycles. The van der Waals surface area contributed by atoms with Crippen LogP contribution in [0.5, 0.6) is 5.75 Å². The van der Waals surface area contributed by atoms with E-state index in [1.54, 1.807) is 29.2 Å². The Bertz CT molecular complexity index is 1430. The van der Waals surface area contributed by atoms with Crippen LogP contribution >= 0.6 is 0 Å². The van der Waals surface area contributed by atoms with Crippen LogP contribution in [0.15, 0.2) is 59.5 Å². The summed E-state index contributed by atoms with van der Waals surface area (Å²) in [6, 6.07) is 11.9. The number of ether oxygens (including phenoxy) is 3. The highest BCUT2D eigenvalue weighted by Gasteiger charge is 2.49. The van der Waals surface area contributed by atoms with Crippen LogP contribution in [0.1, 0.15) is 53.3 Å². The van der Waals surface area contributed by atoms with Gasteiger partial charge in [0.1, 0.15) is 0 Å². The van der Waals surface area contributed by atoms with E-state index in [9.17, 15) is 18.8 Å². The smallest absolute Gasteiger partial charge is 0.448 e. The zero-order chi connectivity index (χ0) is 27.0. The molecule has 4 atom stereocenters. The third-order valence-corrected chi connectivity index (χ3v) is 6.94. The molecule has 0 saturated carbocycles. The van der Waals surface area contributed by atoms with Crippen molar-refractivity contribution in [3.05, 3.63) is 93.4 Å². The van der Waals surface area contributed by atoms with E-state index >= 15 is 4.39 Å². The molecule has 198 valence electrons. The van der Waals surface area contributed by atoms with E-state index < -0.39 is 53.4 Å². The zero-order valence-corrected chi connectivity index (χ0v) is 20.7. The van der Waals surface area contributed by atoms with Crippen LogP contribution in [-0.2, 0) is 9.47 Å². The Morgan fingerprint density at radius 1 is 1.11 bits per heavy atom. The molecule has 0 bridgehead atoms. The molecule has 0 radical (unpaired) electrons. The number of carbonyl (C=O) groups excluding carboxylic acids is 2. The SMILES string of the molecule is COC(=O)OC(C)Oc1c2n(ncc1=O)[C@@H](C(c1ccccc1)c1cccc(F)c1F)[C@H]1CCCN1C2=O. The fraction of sp³-hybridized carbons (Fsp3) is 0.333. The number of hydrogen-bond acceptors (Lipinski definition) is 7. The third-order valence-electron chi connectivity index (χ3n) is 6.94. The molecule has 1 amide bonds. The Morgan fingerprint density at radius 3 is 2.61 bits per heavy atom. The Kier molecular flexibility index (Phi) is 6.83. The quantitative estimate of drug-likeness (QED) is 0.354. The summed E-state index contributed by atoms with van der Waals surface area (Å²) in [5.41, 5.74) is -0.0774. The Hall–Kier alpha value is -4.28. The lowest BCUT2D eigenvalue weighted by molar-refractivity contribution is -0.0488. The summed E-state index contributed by atoms with van der Waals surface area (Å²) in [7, 11) is 1.12. The summed E-state index contributed by atoms with van der Waals surface area (Å²) in [5.74, 6) is -3.61. The van der Waals surface area contributed by atoms with Crippen molar-refractivity contribution in [2.75, 3.05) is 13.7 Å². The van der Waals surface area contributed by atoms with Crippen molar-refractivity contribution >= 4 is 12.1 Å². The number of carbonyl (C=O) groups is 2. The highest BCUT2D eigenvalue weighted by molar-refractivity contribution is 5.96. The number of benzene rings is 2. The Balaban J connectivity index is 1.72. The van der Waals surface area contributed by atoms with Gasteiger partial charge in [-0.25, -0.2) is 13.6 Å². The molecular weight excluding hydrogens is 500 g/mol. The van der Waals surface area contributed by atoms with Crippen molar-refractivity contribution in [2.24, 2.45) is 0 Å². The van der Waals surface area contributed by atoms with Gasteiger partial charge in [-0.05, 0) is 24.5 Å². The number of fused-ring (bicyclic) bond motifs is 2. The van der Waals surface area contributed by atoms with Gasteiger partial charge in [0.15, 0.2) is 17.3 Å². The molecule has 5 rings (SSSR count). The van der Waals surface area contributed by atoms with E-state index in [1.165, 1.54) is 23.7 Å². The van der Waals surface area contributed by atoms with E-state index in [-0.39, 0.29) is 17.0 Å². The fourth-order valence-electron chi connectivity index (χ4n) is 5.40. The molecule has 0 spiro atoms. The molecular formula is C27H25F2N3O6. The second-order valence-electron chi connectivity index (χ2n) is 9.12. The van der Waals surface area contributed by atoms with Crippen LogP contribution < -0.4 is 10.2 Å². The van der Waals surface area contributed by atoms with Crippen molar-refractivity contribution in [3.8, 4) is 5.75 Å². The molecule has 38 heavy (non-hydrogen) atoms. The highest BCUT2D eigenvalue weighted by Crippen LogP contribution is 2.46. The maximum Gasteiger partial charge on any atom is 0.511 e. The normalized spacial score (nSPS) is 19.8. The molecule has 9 nitrogen and oxygen atoms in total. The first-order chi connectivity index (χ1) is 18.3. The molecule has 2 aliphatic rings. The first kappa shape index (κ1) is 25.4. The van der Waals surface area contributed by atoms with Gasteiger partial charge in [-0.3, -0.25) is 14.3 Å². The number of rotatable bonds is 6. The lowest BCUT2D eigenvalue weighted by Crippen LogP contribution is -2.51. The molecule has 2 aliphatic heterocycles. The van der Waals surface area contributed by atoms with Gasteiger partial charge in [0.2, 0.25) is 17.5 Å². The van der Waals surface area contributed by atoms with Crippen LogP contribution in [0.4, 0.5) is 13.6 Å². The zero-order valence-electron chi connectivity index (χ0n) is 20.7. The second kappa shape index (κ2) is 10.2. The molecule has 3 heterocycles. The van der Waals surface area contributed by atoms with Gasteiger partial charge in [-0.2, -0.15) is 5.10 Å². The van der Waals surface area contributed by atoms with Crippen molar-refractivity contribution in [3.63, 3.8) is 0 Å². The standard InChI is InChI=1S/C27H25F2N3O6/c1-15(38-27(35)36-2)37-25-20(33)14-30-32-23(19-12-7-13-31(19)26(34)24(25)32)21(16-8-4-3-5-9-16)17-10-6-11-18(28)22(17)29/h3-6,8-11,14-15,19,21,23H,7,12-13H2,1-2H3/t15?,19-,21?,23-/m1/s1. The average Bonchev–Trinajstić information content (AvgIpc) is 3.40. The number of halogens is 2. The first-order valence-corrected chi connectivity index (χ1v) is 12.1. The number of methoxy groups -OCH3 is 1. The Morgan fingerprint density at radius 2 is 1.87 bits per heavy atom. The summed E-state index contributed by atoms with van der Waals surface area (Å²) < 4.78 is 46.2. The third kappa shape index (κ3) is 4.37. The van der Waals surface area contributed by atoms with Crippen LogP contribution in [-0.4, -0.2) is 52.7 Å². The van der Waals surface area contributed by atoms with E-state index in [2.05, 4.69) is 9.84 Å². The summed E-state index contributed by atoms with van der Waals surface area (Å²) >= 11 is 0. The lowest BCUT2D eigenvalue weighted by Gasteiger charge is -2.43. The summed E-state index contributed by atoms with van der Waals surface area (Å²) in [4.78, 5) is 39.7. The van der Waals surface area contributed by atoms with Crippen molar-refractivity contribution in [1.29, 1.82) is 0 Å². The van der Waals surface area contributed by atoms with Crippen LogP contribution in [0.3, 0.4) is 0 Å². The minimum absolute atomic E-state index is 0.0960. The second-order valence-corrected chi connectivity index (χ2v) is 9.12. The maximum absolute atomic E-state index is 15.3. The predicted molar refractivity (Wildman–Crippen MR) is 130 cm³/mol. The minimum Gasteiger partial charge on any atom is -0.448 e. The highest BCUT2D eigenvalue weighted by atomic mass is 19.2. The number of amides is 1. The number of nitrogens with zero attached hydrogens (tertiary/aromatic N) is 3. The first-order valence-electron chi connectivity index (χ1n) is 12.1. The summed E-state index contributed by atoms with van der Waals surface area (Å²) in [6.07, 6.45) is -0.0253. The molecule has 0 N–H and O–H groups in total. The van der Waals surface area contributed by atoms with Gasteiger partial charge in [0.05, 0.1) is 25.4 Å². The minimum atomic E-state index is -1.27. The molecule has 11 heteroatoms. The molecule has 1 aromatic heterocycles. The van der Waals surface area contributed by atoms with Gasteiger partial charge >= 0.3 is 6.16 Å². The number of aromatic nitrogens is 2.